The van der Waals surface area contributed by atoms with E-state index in [4.69, 9.17) is 14.2 Å². The van der Waals surface area contributed by atoms with Crippen LogP contribution < -0.4 is 0 Å². The lowest BCUT2D eigenvalue weighted by Gasteiger charge is -2.22. The molecule has 0 radical (unpaired) electrons. The van der Waals surface area contributed by atoms with Crippen molar-refractivity contribution in [2.45, 2.75) is 53.1 Å². The molecule has 0 heterocycles. The maximum absolute atomic E-state index is 11.8. The van der Waals surface area contributed by atoms with Crippen LogP contribution in [0.25, 0.3) is 0 Å². The van der Waals surface area contributed by atoms with Gasteiger partial charge in [0.25, 0.3) is 0 Å². The Morgan fingerprint density at radius 3 is 2.41 bits per heavy atom. The number of ether oxygens (including phenoxy) is 3. The van der Waals surface area contributed by atoms with Crippen molar-refractivity contribution in [1.29, 1.82) is 0 Å². The minimum atomic E-state index is -0.543. The summed E-state index contributed by atoms with van der Waals surface area (Å²) in [5, 5.41) is 0. The minimum Gasteiger partial charge on any atom is -0.463 e. The molecule has 0 aromatic carbocycles. The van der Waals surface area contributed by atoms with Crippen molar-refractivity contribution in [1.82, 2.24) is 0 Å². The molecule has 0 saturated heterocycles. The van der Waals surface area contributed by atoms with Gasteiger partial charge in [0.2, 0.25) is 0 Å². The maximum atomic E-state index is 11.8. The van der Waals surface area contributed by atoms with Crippen LogP contribution in [0, 0.1) is 5.41 Å². The zero-order chi connectivity index (χ0) is 17.2. The summed E-state index contributed by atoms with van der Waals surface area (Å²) in [4.78, 5) is 34.1. The highest BCUT2D eigenvalue weighted by Gasteiger charge is 2.27. The second-order valence-corrected chi connectivity index (χ2v) is 5.61. The average Bonchev–Trinajstić information content (AvgIpc) is 2.48. The van der Waals surface area contributed by atoms with Crippen LogP contribution in [0.2, 0.25) is 0 Å². The van der Waals surface area contributed by atoms with E-state index in [1.807, 2.05) is 6.92 Å². The molecule has 126 valence electrons. The lowest BCUT2D eigenvalue weighted by molar-refractivity contribution is -0.164. The highest BCUT2D eigenvalue weighted by Crippen LogP contribution is 2.21. The van der Waals surface area contributed by atoms with E-state index in [0.717, 1.165) is 6.08 Å². The highest BCUT2D eigenvalue weighted by atomic mass is 16.6. The zero-order valence-corrected chi connectivity index (χ0v) is 13.8. The predicted octanol–water partition coefficient (Wildman–Crippen LogP) is 2.41. The molecule has 0 N–H and O–H groups in total. The second-order valence-electron chi connectivity index (χ2n) is 5.61. The van der Waals surface area contributed by atoms with E-state index in [2.05, 4.69) is 6.58 Å². The van der Waals surface area contributed by atoms with Crippen molar-refractivity contribution >= 4 is 17.9 Å². The molecule has 22 heavy (non-hydrogen) atoms. The fourth-order valence-electron chi connectivity index (χ4n) is 1.30. The maximum Gasteiger partial charge on any atom is 0.330 e. The van der Waals surface area contributed by atoms with E-state index in [0.29, 0.717) is 12.8 Å². The second kappa shape index (κ2) is 9.97. The zero-order valence-electron chi connectivity index (χ0n) is 13.8. The first-order valence-corrected chi connectivity index (χ1v) is 7.38. The Morgan fingerprint density at radius 2 is 1.86 bits per heavy atom. The van der Waals surface area contributed by atoms with E-state index in [1.54, 1.807) is 20.8 Å². The third-order valence-electron chi connectivity index (χ3n) is 3.15. The molecule has 0 aromatic heterocycles. The number of hydrogen-bond donors (Lipinski definition) is 0. The molecular weight excluding hydrogens is 288 g/mol. The molecule has 0 aliphatic carbocycles. The topological polar surface area (TPSA) is 78.9 Å². The minimum absolute atomic E-state index is 0.0272. The molecule has 0 aliphatic heterocycles. The van der Waals surface area contributed by atoms with E-state index < -0.39 is 23.5 Å². The van der Waals surface area contributed by atoms with E-state index in [9.17, 15) is 14.4 Å². The Hall–Kier alpha value is -1.85. The first-order valence-electron chi connectivity index (χ1n) is 7.38. The molecule has 1 atom stereocenters. The van der Waals surface area contributed by atoms with E-state index in [1.165, 1.54) is 0 Å². The van der Waals surface area contributed by atoms with Gasteiger partial charge in [-0.15, -0.1) is 0 Å². The molecule has 6 nitrogen and oxygen atoms in total. The quantitative estimate of drug-likeness (QED) is 0.267. The fourth-order valence-corrected chi connectivity index (χ4v) is 1.30. The molecule has 0 aromatic rings. The van der Waals surface area contributed by atoms with Gasteiger partial charge in [0.15, 0.2) is 0 Å². The van der Waals surface area contributed by atoms with Crippen LogP contribution in [0.4, 0.5) is 0 Å². The summed E-state index contributed by atoms with van der Waals surface area (Å²) in [6, 6.07) is 0. The Morgan fingerprint density at radius 1 is 1.23 bits per heavy atom. The lowest BCUT2D eigenvalue weighted by Crippen LogP contribution is -2.30. The van der Waals surface area contributed by atoms with Crippen LogP contribution in [-0.2, 0) is 28.6 Å². The molecule has 0 aliphatic rings. The smallest absolute Gasteiger partial charge is 0.330 e. The molecule has 6 heteroatoms. The van der Waals surface area contributed by atoms with Crippen LogP contribution in [0.1, 0.15) is 47.0 Å². The van der Waals surface area contributed by atoms with Crippen LogP contribution in [0.3, 0.4) is 0 Å². The normalized spacial score (nSPS) is 12.2. The third-order valence-corrected chi connectivity index (χ3v) is 3.15. The van der Waals surface area contributed by atoms with Crippen molar-refractivity contribution < 1.29 is 28.6 Å². The highest BCUT2D eigenvalue weighted by molar-refractivity contribution is 5.81. The van der Waals surface area contributed by atoms with Gasteiger partial charge < -0.3 is 14.2 Å². The van der Waals surface area contributed by atoms with E-state index >= 15 is 0 Å². The van der Waals surface area contributed by atoms with Gasteiger partial charge in [-0.25, -0.2) is 4.79 Å². The van der Waals surface area contributed by atoms with Gasteiger partial charge in [-0.3, -0.25) is 9.59 Å². The summed E-state index contributed by atoms with van der Waals surface area (Å²) in [5.41, 5.74) is -0.543. The largest absolute Gasteiger partial charge is 0.463 e. The van der Waals surface area contributed by atoms with Crippen molar-refractivity contribution in [3.8, 4) is 0 Å². The van der Waals surface area contributed by atoms with Gasteiger partial charge in [0, 0.05) is 12.5 Å². The fraction of sp³-hybridized carbons (Fsp3) is 0.688. The van der Waals surface area contributed by atoms with Gasteiger partial charge in [0.05, 0.1) is 12.0 Å². The first-order chi connectivity index (χ1) is 10.2. The molecule has 0 fully saturated rings. The summed E-state index contributed by atoms with van der Waals surface area (Å²) < 4.78 is 15.0. The molecule has 1 unspecified atom stereocenters. The van der Waals surface area contributed by atoms with Gasteiger partial charge in [0.1, 0.15) is 12.7 Å². The molecule has 0 spiro atoms. The third kappa shape index (κ3) is 8.44. The van der Waals surface area contributed by atoms with Crippen molar-refractivity contribution in [2.75, 3.05) is 13.2 Å². The number of carbonyl (C=O) groups excluding carboxylic acids is 3. The Kier molecular flexibility index (Phi) is 9.13. The van der Waals surface area contributed by atoms with Crippen LogP contribution in [-0.4, -0.2) is 37.2 Å². The lowest BCUT2D eigenvalue weighted by atomic mass is 9.91. The van der Waals surface area contributed by atoms with Gasteiger partial charge in [-0.05, 0) is 33.6 Å². The average molecular weight is 314 g/mol. The summed E-state index contributed by atoms with van der Waals surface area (Å²) in [7, 11) is 0. The summed E-state index contributed by atoms with van der Waals surface area (Å²) in [6.45, 7) is 10.6. The number of esters is 3. The Balaban J connectivity index is 3.89. The summed E-state index contributed by atoms with van der Waals surface area (Å²) in [5.74, 6) is -1.26. The van der Waals surface area contributed by atoms with Crippen LogP contribution >= 0.6 is 0 Å². The van der Waals surface area contributed by atoms with E-state index in [-0.39, 0.29) is 25.6 Å². The van der Waals surface area contributed by atoms with Gasteiger partial charge >= 0.3 is 17.9 Å². The van der Waals surface area contributed by atoms with Gasteiger partial charge in [-0.2, -0.15) is 0 Å². The molecule has 0 saturated carbocycles. The van der Waals surface area contributed by atoms with Crippen molar-refractivity contribution in [3.63, 3.8) is 0 Å². The monoisotopic (exact) mass is 314 g/mol. The number of hydrogen-bond acceptors (Lipinski definition) is 6. The van der Waals surface area contributed by atoms with Crippen LogP contribution in [0.15, 0.2) is 12.7 Å². The standard InChI is InChI=1S/C16H26O6/c1-6-13(17)20-10-8-9-14(18)22-12(3)11-21-15(19)16(4,5)7-2/h6,12H,1,7-11H2,2-5H3. The summed E-state index contributed by atoms with van der Waals surface area (Å²) >= 11 is 0. The van der Waals surface area contributed by atoms with Crippen molar-refractivity contribution in [2.24, 2.45) is 5.41 Å². The molecule has 0 rings (SSSR count). The Labute approximate surface area is 131 Å². The molecular formula is C16H26O6. The first kappa shape index (κ1) is 20.1. The SMILES string of the molecule is C=CC(=O)OCCCC(=O)OC(C)COC(=O)C(C)(C)CC. The van der Waals surface area contributed by atoms with Crippen molar-refractivity contribution in [3.05, 3.63) is 12.7 Å². The predicted molar refractivity (Wildman–Crippen MR) is 81.0 cm³/mol. The molecule has 0 bridgehead atoms. The summed E-state index contributed by atoms with van der Waals surface area (Å²) in [6.07, 6.45) is 1.72. The number of rotatable bonds is 10. The van der Waals surface area contributed by atoms with Gasteiger partial charge in [-0.1, -0.05) is 13.5 Å². The molecule has 0 amide bonds. The van der Waals surface area contributed by atoms with Crippen LogP contribution in [0.5, 0.6) is 0 Å². The Bertz CT molecular complexity index is 399. The number of carbonyl (C=O) groups is 3.